The Labute approximate surface area is 141 Å². The number of rotatable bonds is 2. The predicted octanol–water partition coefficient (Wildman–Crippen LogP) is 4.71. The first-order valence-electron chi connectivity index (χ1n) is 7.42. The van der Waals surface area contributed by atoms with Gasteiger partial charge in [-0.2, -0.15) is 0 Å². The van der Waals surface area contributed by atoms with Crippen LogP contribution in [-0.2, 0) is 0 Å². The Kier molecular flexibility index (Phi) is 3.32. The van der Waals surface area contributed by atoms with Crippen molar-refractivity contribution in [2.24, 2.45) is 0 Å². The third-order valence-electron chi connectivity index (χ3n) is 3.98. The van der Waals surface area contributed by atoms with Gasteiger partial charge in [0.1, 0.15) is 15.5 Å². The molecule has 0 unspecified atom stereocenters. The first kappa shape index (κ1) is 14.8. The van der Waals surface area contributed by atoms with E-state index in [0.717, 1.165) is 26.7 Å². The van der Waals surface area contributed by atoms with Crippen LogP contribution in [0.4, 0.5) is 10.1 Å². The van der Waals surface area contributed by atoms with Crippen molar-refractivity contribution in [3.8, 4) is 0 Å². The number of nitrogen functional groups attached to an aromatic ring is 1. The topological polar surface area (TPSA) is 56.0 Å². The Hall–Kier alpha value is -2.79. The molecular weight excluding hydrogens is 323 g/mol. The van der Waals surface area contributed by atoms with Crippen molar-refractivity contribution in [1.29, 1.82) is 0 Å². The summed E-state index contributed by atoms with van der Waals surface area (Å²) in [6, 6.07) is 13.4. The van der Waals surface area contributed by atoms with Crippen LogP contribution in [0, 0.1) is 12.7 Å². The van der Waals surface area contributed by atoms with Crippen LogP contribution < -0.4 is 5.73 Å². The monoisotopic (exact) mass is 336 g/mol. The highest BCUT2D eigenvalue weighted by molar-refractivity contribution is 7.21. The molecular formula is C19H13FN2OS. The van der Waals surface area contributed by atoms with E-state index in [1.54, 1.807) is 0 Å². The number of ketones is 1. The standard InChI is InChI=1S/C19H13FN2OS/c1-10-2-7-15-12(8-10)9-14-16(21)18(24-19(14)22-15)17(23)11-3-5-13(20)6-4-11/h2-9H,21H2,1H3. The number of nitrogens with two attached hydrogens (primary N) is 1. The molecule has 0 aliphatic heterocycles. The number of aryl methyl sites for hydroxylation is 1. The number of aromatic nitrogens is 1. The number of thiophene rings is 1. The van der Waals surface area contributed by atoms with Gasteiger partial charge in [0, 0.05) is 16.3 Å². The quantitative estimate of drug-likeness (QED) is 0.539. The number of fused-ring (bicyclic) bond motifs is 2. The number of carbonyl (C=O) groups is 1. The number of halogens is 1. The highest BCUT2D eigenvalue weighted by Crippen LogP contribution is 2.36. The average molecular weight is 336 g/mol. The normalized spacial score (nSPS) is 11.2. The molecule has 5 heteroatoms. The molecule has 0 spiro atoms. The fraction of sp³-hybridized carbons (Fsp3) is 0.0526. The summed E-state index contributed by atoms with van der Waals surface area (Å²) in [5.41, 5.74) is 9.06. The minimum atomic E-state index is -0.376. The molecule has 2 aromatic heterocycles. The van der Waals surface area contributed by atoms with Crippen LogP contribution in [0.15, 0.2) is 48.5 Å². The van der Waals surface area contributed by atoms with Crippen molar-refractivity contribution in [2.45, 2.75) is 6.92 Å². The zero-order valence-corrected chi connectivity index (χ0v) is 13.7. The molecule has 0 saturated heterocycles. The van der Waals surface area contributed by atoms with Gasteiger partial charge in [-0.3, -0.25) is 4.79 Å². The molecule has 0 aliphatic carbocycles. The second kappa shape index (κ2) is 5.39. The van der Waals surface area contributed by atoms with Crippen molar-refractivity contribution >= 4 is 43.9 Å². The number of nitrogens with zero attached hydrogens (tertiary/aromatic N) is 1. The Bertz CT molecular complexity index is 1100. The average Bonchev–Trinajstić information content (AvgIpc) is 2.89. The van der Waals surface area contributed by atoms with Crippen LogP contribution in [0.25, 0.3) is 21.1 Å². The van der Waals surface area contributed by atoms with Crippen molar-refractivity contribution in [3.05, 3.63) is 70.4 Å². The largest absolute Gasteiger partial charge is 0.397 e. The lowest BCUT2D eigenvalue weighted by molar-refractivity contribution is 0.104. The van der Waals surface area contributed by atoms with E-state index >= 15 is 0 Å². The SMILES string of the molecule is Cc1ccc2nc3sc(C(=O)c4ccc(F)cc4)c(N)c3cc2c1. The molecule has 2 heterocycles. The second-order valence-corrected chi connectivity index (χ2v) is 6.72. The lowest BCUT2D eigenvalue weighted by atomic mass is 10.1. The van der Waals surface area contributed by atoms with E-state index in [4.69, 9.17) is 5.73 Å². The zero-order valence-electron chi connectivity index (χ0n) is 12.8. The van der Waals surface area contributed by atoms with Gasteiger partial charge in [0.25, 0.3) is 0 Å². The van der Waals surface area contributed by atoms with Gasteiger partial charge < -0.3 is 5.73 Å². The number of hydrogen-bond donors (Lipinski definition) is 1. The van der Waals surface area contributed by atoms with Gasteiger partial charge in [0.15, 0.2) is 0 Å². The molecule has 0 saturated carbocycles. The highest BCUT2D eigenvalue weighted by atomic mass is 32.1. The van der Waals surface area contributed by atoms with Gasteiger partial charge in [-0.15, -0.1) is 11.3 Å². The Balaban J connectivity index is 1.89. The summed E-state index contributed by atoms with van der Waals surface area (Å²) in [6.07, 6.45) is 0. The first-order chi connectivity index (χ1) is 11.5. The lowest BCUT2D eigenvalue weighted by Crippen LogP contribution is -2.02. The van der Waals surface area contributed by atoms with E-state index in [1.165, 1.54) is 35.6 Å². The molecule has 0 aliphatic rings. The van der Waals surface area contributed by atoms with E-state index in [-0.39, 0.29) is 11.6 Å². The van der Waals surface area contributed by atoms with Gasteiger partial charge >= 0.3 is 0 Å². The van der Waals surface area contributed by atoms with Gasteiger partial charge in [-0.1, -0.05) is 11.6 Å². The van der Waals surface area contributed by atoms with Gasteiger partial charge in [0.2, 0.25) is 5.78 Å². The maximum atomic E-state index is 13.0. The minimum Gasteiger partial charge on any atom is -0.397 e. The first-order valence-corrected chi connectivity index (χ1v) is 8.24. The lowest BCUT2D eigenvalue weighted by Gasteiger charge is -2.00. The summed E-state index contributed by atoms with van der Waals surface area (Å²) in [4.78, 5) is 18.5. The molecule has 2 N–H and O–H groups in total. The minimum absolute atomic E-state index is 0.212. The third-order valence-corrected chi connectivity index (χ3v) is 5.10. The van der Waals surface area contributed by atoms with Crippen LogP contribution >= 0.6 is 11.3 Å². The maximum absolute atomic E-state index is 13.0. The van der Waals surface area contributed by atoms with Crippen molar-refractivity contribution in [1.82, 2.24) is 4.98 Å². The summed E-state index contributed by atoms with van der Waals surface area (Å²) in [6.45, 7) is 2.02. The molecule has 0 fully saturated rings. The number of carbonyl (C=O) groups excluding carboxylic acids is 1. The van der Waals surface area contributed by atoms with E-state index in [1.807, 2.05) is 31.2 Å². The number of pyridine rings is 1. The van der Waals surface area contributed by atoms with Gasteiger partial charge in [-0.05, 0) is 49.4 Å². The number of hydrogen-bond acceptors (Lipinski definition) is 4. The molecule has 4 aromatic rings. The molecule has 3 nitrogen and oxygen atoms in total. The molecule has 0 bridgehead atoms. The Morgan fingerprint density at radius 1 is 1.12 bits per heavy atom. The van der Waals surface area contributed by atoms with E-state index in [9.17, 15) is 9.18 Å². The molecule has 0 atom stereocenters. The Morgan fingerprint density at radius 3 is 2.62 bits per heavy atom. The number of benzene rings is 2. The predicted molar refractivity (Wildman–Crippen MR) is 96.1 cm³/mol. The molecule has 2 aromatic carbocycles. The van der Waals surface area contributed by atoms with Crippen molar-refractivity contribution in [2.75, 3.05) is 5.73 Å². The van der Waals surface area contributed by atoms with E-state index in [2.05, 4.69) is 4.98 Å². The van der Waals surface area contributed by atoms with Crippen molar-refractivity contribution in [3.63, 3.8) is 0 Å². The molecule has 0 radical (unpaired) electrons. The van der Waals surface area contributed by atoms with E-state index < -0.39 is 0 Å². The zero-order chi connectivity index (χ0) is 16.8. The van der Waals surface area contributed by atoms with Crippen LogP contribution in [0.3, 0.4) is 0 Å². The highest BCUT2D eigenvalue weighted by Gasteiger charge is 2.19. The Morgan fingerprint density at radius 2 is 1.88 bits per heavy atom. The smallest absolute Gasteiger partial charge is 0.205 e. The number of anilines is 1. The second-order valence-electron chi connectivity index (χ2n) is 5.72. The fourth-order valence-corrected chi connectivity index (χ4v) is 3.77. The van der Waals surface area contributed by atoms with Crippen LogP contribution in [0.5, 0.6) is 0 Å². The summed E-state index contributed by atoms with van der Waals surface area (Å²) in [5, 5.41) is 1.77. The molecule has 24 heavy (non-hydrogen) atoms. The van der Waals surface area contributed by atoms with Gasteiger partial charge in [-0.25, -0.2) is 9.37 Å². The summed E-state index contributed by atoms with van der Waals surface area (Å²) >= 11 is 1.27. The maximum Gasteiger partial charge on any atom is 0.205 e. The molecule has 118 valence electrons. The van der Waals surface area contributed by atoms with Crippen LogP contribution in [0.2, 0.25) is 0 Å². The summed E-state index contributed by atoms with van der Waals surface area (Å²) < 4.78 is 13.0. The summed E-state index contributed by atoms with van der Waals surface area (Å²) in [7, 11) is 0. The van der Waals surface area contributed by atoms with Crippen LogP contribution in [0.1, 0.15) is 20.8 Å². The van der Waals surface area contributed by atoms with Crippen molar-refractivity contribution < 1.29 is 9.18 Å². The fourth-order valence-electron chi connectivity index (χ4n) is 2.72. The third kappa shape index (κ3) is 2.34. The van der Waals surface area contributed by atoms with Gasteiger partial charge in [0.05, 0.1) is 11.2 Å². The summed E-state index contributed by atoms with van der Waals surface area (Å²) in [5.74, 6) is -0.588. The molecule has 4 rings (SSSR count). The van der Waals surface area contributed by atoms with E-state index in [0.29, 0.717) is 16.1 Å². The van der Waals surface area contributed by atoms with Crippen LogP contribution in [-0.4, -0.2) is 10.8 Å². The molecule has 0 amide bonds.